The largest absolute Gasteiger partial charge is 0.416 e. The molecule has 5 rings (SSSR count). The van der Waals surface area contributed by atoms with E-state index in [-0.39, 0.29) is 59.5 Å². The van der Waals surface area contributed by atoms with Gasteiger partial charge in [0.05, 0.1) is 35.0 Å². The van der Waals surface area contributed by atoms with Crippen LogP contribution in [-0.2, 0) is 15.8 Å². The molecule has 1 unspecified atom stereocenters. The number of urea groups is 1. The molecule has 2 aliphatic heterocycles. The summed E-state index contributed by atoms with van der Waals surface area (Å²) in [5, 5.41) is 9.58. The summed E-state index contributed by atoms with van der Waals surface area (Å²) in [4.78, 5) is 58.4. The summed E-state index contributed by atoms with van der Waals surface area (Å²) in [5.41, 5.74) is 0.262. The molecule has 218 valence electrons. The zero-order chi connectivity index (χ0) is 30.5. The molecule has 0 aromatic heterocycles. The number of allylic oxidation sites excluding steroid dienone is 1. The van der Waals surface area contributed by atoms with Crippen LogP contribution in [-0.4, -0.2) is 71.6 Å². The molecule has 1 aliphatic carbocycles. The van der Waals surface area contributed by atoms with Gasteiger partial charge < -0.3 is 14.7 Å². The lowest BCUT2D eigenvalue weighted by Gasteiger charge is -2.41. The van der Waals surface area contributed by atoms with Crippen LogP contribution in [0.4, 0.5) is 23.7 Å². The summed E-state index contributed by atoms with van der Waals surface area (Å²) in [6.45, 7) is 2.09. The normalized spacial score (nSPS) is 20.6. The Morgan fingerprint density at radius 2 is 1.83 bits per heavy atom. The zero-order valence-corrected chi connectivity index (χ0v) is 23.2. The van der Waals surface area contributed by atoms with Crippen molar-refractivity contribution in [3.8, 4) is 6.07 Å². The maximum Gasteiger partial charge on any atom is 0.416 e. The first-order valence-corrected chi connectivity index (χ1v) is 13.4. The lowest BCUT2D eigenvalue weighted by molar-refractivity contribution is -0.137. The van der Waals surface area contributed by atoms with Crippen molar-refractivity contribution in [1.82, 2.24) is 14.7 Å². The predicted molar refractivity (Wildman–Crippen MR) is 145 cm³/mol. The molecular weight excluding hydrogens is 551 g/mol. The van der Waals surface area contributed by atoms with Crippen LogP contribution in [0.3, 0.4) is 0 Å². The number of hydrogen-bond acceptors (Lipinski definition) is 5. The molecule has 3 aliphatic rings. The summed E-state index contributed by atoms with van der Waals surface area (Å²) in [7, 11) is 3.10. The van der Waals surface area contributed by atoms with E-state index in [0.29, 0.717) is 24.2 Å². The van der Waals surface area contributed by atoms with Gasteiger partial charge in [0.2, 0.25) is 5.91 Å². The molecule has 2 atom stereocenters. The number of ketones is 1. The lowest BCUT2D eigenvalue weighted by Crippen LogP contribution is -2.48. The van der Waals surface area contributed by atoms with E-state index in [1.54, 1.807) is 22.9 Å². The van der Waals surface area contributed by atoms with E-state index >= 15 is 0 Å². The van der Waals surface area contributed by atoms with Crippen molar-refractivity contribution in [2.24, 2.45) is 0 Å². The molecule has 2 aromatic carbocycles. The highest BCUT2D eigenvalue weighted by molar-refractivity contribution is 6.09. The number of benzene rings is 2. The molecular formula is C30H28F3N5O4. The van der Waals surface area contributed by atoms with Crippen LogP contribution < -0.4 is 4.90 Å². The second kappa shape index (κ2) is 10.6. The number of likely N-dealkylation sites (tertiary alicyclic amines) is 1. The lowest BCUT2D eigenvalue weighted by atomic mass is 9.88. The second-order valence-electron chi connectivity index (χ2n) is 10.7. The third kappa shape index (κ3) is 4.89. The number of nitriles is 1. The Balaban J connectivity index is 1.59. The fraction of sp³-hybridized carbons (Fsp3) is 0.367. The van der Waals surface area contributed by atoms with Gasteiger partial charge in [-0.3, -0.25) is 19.3 Å². The van der Waals surface area contributed by atoms with Gasteiger partial charge in [-0.05, 0) is 48.7 Å². The van der Waals surface area contributed by atoms with Gasteiger partial charge in [-0.25, -0.2) is 4.79 Å². The first-order valence-electron chi connectivity index (χ1n) is 13.4. The number of halogens is 3. The molecule has 0 N–H and O–H groups in total. The Morgan fingerprint density at radius 1 is 1.10 bits per heavy atom. The quantitative estimate of drug-likeness (QED) is 0.531. The Bertz CT molecular complexity index is 1580. The maximum absolute atomic E-state index is 13.9. The SMILES string of the molecule is CC(=O)N(C)[C@H]1CCN(C(=O)c2cc(C#N)ccc2C2C3=C(CCC3=O)N(c3cccc(C(F)(F)F)c3)C(=O)N2C)C1. The number of likely N-dealkylation sites (N-methyl/N-ethyl adjacent to an activating group) is 2. The molecule has 4 amide bonds. The van der Waals surface area contributed by atoms with Gasteiger partial charge in [-0.15, -0.1) is 0 Å². The smallest absolute Gasteiger partial charge is 0.341 e. The van der Waals surface area contributed by atoms with Gasteiger partial charge in [0.25, 0.3) is 5.91 Å². The van der Waals surface area contributed by atoms with Crippen molar-refractivity contribution in [2.45, 2.75) is 44.4 Å². The van der Waals surface area contributed by atoms with Gasteiger partial charge in [-0.1, -0.05) is 12.1 Å². The minimum absolute atomic E-state index is 0.0175. The van der Waals surface area contributed by atoms with E-state index in [2.05, 4.69) is 0 Å². The molecule has 0 saturated carbocycles. The Labute approximate surface area is 240 Å². The Morgan fingerprint density at radius 3 is 2.50 bits per heavy atom. The molecule has 12 heteroatoms. The van der Waals surface area contributed by atoms with E-state index in [0.717, 1.165) is 17.0 Å². The second-order valence-corrected chi connectivity index (χ2v) is 10.7. The highest BCUT2D eigenvalue weighted by Crippen LogP contribution is 2.46. The van der Waals surface area contributed by atoms with Gasteiger partial charge >= 0.3 is 12.2 Å². The van der Waals surface area contributed by atoms with Gasteiger partial charge in [0.1, 0.15) is 0 Å². The number of anilines is 1. The van der Waals surface area contributed by atoms with Gasteiger partial charge in [0.15, 0.2) is 5.78 Å². The molecule has 42 heavy (non-hydrogen) atoms. The number of hydrogen-bond donors (Lipinski definition) is 0. The first-order chi connectivity index (χ1) is 19.8. The van der Waals surface area contributed by atoms with Crippen molar-refractivity contribution in [1.29, 1.82) is 5.26 Å². The van der Waals surface area contributed by atoms with Crippen molar-refractivity contribution < 1.29 is 32.3 Å². The number of carbonyl (C=O) groups is 4. The van der Waals surface area contributed by atoms with E-state index in [1.807, 2.05) is 6.07 Å². The Kier molecular flexibility index (Phi) is 7.30. The fourth-order valence-electron chi connectivity index (χ4n) is 5.95. The summed E-state index contributed by atoms with van der Waals surface area (Å²) in [6.07, 6.45) is -3.86. The molecule has 1 saturated heterocycles. The van der Waals surface area contributed by atoms with Crippen LogP contribution in [0.2, 0.25) is 0 Å². The van der Waals surface area contributed by atoms with E-state index in [4.69, 9.17) is 0 Å². The fourth-order valence-corrected chi connectivity index (χ4v) is 5.95. The van der Waals surface area contributed by atoms with Crippen LogP contribution in [0.5, 0.6) is 0 Å². The Hall–Kier alpha value is -4.66. The summed E-state index contributed by atoms with van der Waals surface area (Å²) in [5.74, 6) is -0.818. The van der Waals surface area contributed by atoms with Crippen molar-refractivity contribution >= 4 is 29.3 Å². The number of alkyl halides is 3. The predicted octanol–water partition coefficient (Wildman–Crippen LogP) is 4.50. The highest BCUT2D eigenvalue weighted by atomic mass is 19.4. The average Bonchev–Trinajstić information content (AvgIpc) is 3.60. The summed E-state index contributed by atoms with van der Waals surface area (Å²) >= 11 is 0. The minimum atomic E-state index is -4.63. The number of carbonyl (C=O) groups excluding carboxylic acids is 4. The number of Topliss-reactive ketones (excluding diaryl/α,β-unsaturated/α-hetero) is 1. The van der Waals surface area contributed by atoms with Crippen molar-refractivity contribution in [3.63, 3.8) is 0 Å². The van der Waals surface area contributed by atoms with Crippen LogP contribution >= 0.6 is 0 Å². The standard InChI is InChI=1S/C30H28F3N5O4/c1-17(39)35(2)21-11-12-37(16-21)28(41)23-13-18(15-34)7-8-22(23)27-26-24(9-10-25(26)40)38(29(42)36(27)3)20-6-4-5-19(14-20)30(31,32)33/h4-8,13-14,21,27H,9-12,16H2,1-3H3/t21-,27?/m0/s1. The third-order valence-corrected chi connectivity index (χ3v) is 8.26. The molecule has 2 heterocycles. The van der Waals surface area contributed by atoms with Crippen LogP contribution in [0, 0.1) is 11.3 Å². The van der Waals surface area contributed by atoms with E-state index in [1.165, 1.54) is 43.1 Å². The molecule has 1 fully saturated rings. The van der Waals surface area contributed by atoms with E-state index < -0.39 is 29.7 Å². The van der Waals surface area contributed by atoms with Crippen molar-refractivity contribution in [3.05, 3.63) is 76.0 Å². The molecule has 2 aromatic rings. The molecule has 0 bridgehead atoms. The molecule has 9 nitrogen and oxygen atoms in total. The summed E-state index contributed by atoms with van der Waals surface area (Å²) < 4.78 is 40.4. The third-order valence-electron chi connectivity index (χ3n) is 8.26. The maximum atomic E-state index is 13.9. The van der Waals surface area contributed by atoms with Gasteiger partial charge in [0, 0.05) is 57.4 Å². The summed E-state index contributed by atoms with van der Waals surface area (Å²) in [6, 6.07) is 9.04. The van der Waals surface area contributed by atoms with Crippen molar-refractivity contribution in [2.75, 3.05) is 32.1 Å². The topological polar surface area (TPSA) is 105 Å². The zero-order valence-electron chi connectivity index (χ0n) is 23.2. The molecule has 0 spiro atoms. The highest BCUT2D eigenvalue weighted by Gasteiger charge is 2.46. The van der Waals surface area contributed by atoms with Gasteiger partial charge in [-0.2, -0.15) is 18.4 Å². The number of amides is 4. The van der Waals surface area contributed by atoms with Crippen LogP contribution in [0.15, 0.2) is 53.7 Å². The molecule has 0 radical (unpaired) electrons. The number of rotatable bonds is 4. The van der Waals surface area contributed by atoms with E-state index in [9.17, 15) is 37.6 Å². The first kappa shape index (κ1) is 28.9. The number of nitrogens with zero attached hydrogens (tertiary/aromatic N) is 5. The average molecular weight is 580 g/mol. The monoisotopic (exact) mass is 579 g/mol. The van der Waals surface area contributed by atoms with Crippen LogP contribution in [0.1, 0.15) is 59.3 Å². The van der Waals surface area contributed by atoms with Crippen LogP contribution in [0.25, 0.3) is 0 Å². The minimum Gasteiger partial charge on any atom is -0.341 e.